The zero-order valence-corrected chi connectivity index (χ0v) is 6.43. The highest BCUT2D eigenvalue weighted by Gasteiger charge is 2.09. The second-order valence-electron chi connectivity index (χ2n) is 3.12. The molecule has 1 fully saturated rings. The van der Waals surface area contributed by atoms with Crippen molar-refractivity contribution in [3.8, 4) is 0 Å². The van der Waals surface area contributed by atoms with E-state index >= 15 is 0 Å². The van der Waals surface area contributed by atoms with Crippen LogP contribution in [0.5, 0.6) is 0 Å². The zero-order valence-electron chi connectivity index (χ0n) is 6.43. The van der Waals surface area contributed by atoms with E-state index in [1.165, 1.54) is 25.9 Å². The van der Waals surface area contributed by atoms with E-state index in [9.17, 15) is 0 Å². The van der Waals surface area contributed by atoms with Crippen molar-refractivity contribution in [2.45, 2.75) is 19.8 Å². The van der Waals surface area contributed by atoms with Crippen LogP contribution in [0.15, 0.2) is 0 Å². The Balaban J connectivity index is 2.29. The van der Waals surface area contributed by atoms with Gasteiger partial charge in [-0.2, -0.15) is 0 Å². The van der Waals surface area contributed by atoms with Gasteiger partial charge in [0.05, 0.1) is 0 Å². The molecule has 0 aromatic heterocycles. The minimum Gasteiger partial charge on any atom is -0.306 e. The Labute approximate surface area is 58.0 Å². The quantitative estimate of drug-likeness (QED) is 0.476. The summed E-state index contributed by atoms with van der Waals surface area (Å²) in [7, 11) is 2.20. The van der Waals surface area contributed by atoms with E-state index in [1.54, 1.807) is 0 Å². The molecule has 1 radical (unpaired) electrons. The average molecular weight is 126 g/mol. The molecule has 0 amide bonds. The third kappa shape index (κ3) is 2.35. The molecule has 1 saturated heterocycles. The van der Waals surface area contributed by atoms with Gasteiger partial charge in [-0.25, -0.2) is 0 Å². The van der Waals surface area contributed by atoms with Crippen LogP contribution in [-0.4, -0.2) is 25.0 Å². The predicted octanol–water partition coefficient (Wildman–Crippen LogP) is 1.55. The topological polar surface area (TPSA) is 3.24 Å². The molecule has 0 bridgehead atoms. The van der Waals surface area contributed by atoms with E-state index in [2.05, 4.69) is 25.3 Å². The molecule has 0 spiro atoms. The van der Waals surface area contributed by atoms with Crippen LogP contribution in [0.1, 0.15) is 19.8 Å². The van der Waals surface area contributed by atoms with Gasteiger partial charge >= 0.3 is 0 Å². The molecule has 1 rings (SSSR count). The van der Waals surface area contributed by atoms with Crippen molar-refractivity contribution in [2.75, 3.05) is 20.1 Å². The van der Waals surface area contributed by atoms with Gasteiger partial charge in [0.2, 0.25) is 0 Å². The van der Waals surface area contributed by atoms with Crippen LogP contribution in [0.4, 0.5) is 0 Å². The summed E-state index contributed by atoms with van der Waals surface area (Å²) in [6.45, 7) is 4.82. The van der Waals surface area contributed by atoms with Crippen LogP contribution >= 0.6 is 0 Å². The Hall–Kier alpha value is -0.0400. The number of rotatable bonds is 0. The molecule has 0 N–H and O–H groups in total. The fraction of sp³-hybridized carbons (Fsp3) is 0.875. The van der Waals surface area contributed by atoms with E-state index in [1.807, 2.05) is 0 Å². The lowest BCUT2D eigenvalue weighted by molar-refractivity contribution is 0.320. The van der Waals surface area contributed by atoms with Crippen LogP contribution in [0.25, 0.3) is 0 Å². The monoisotopic (exact) mass is 126 g/mol. The third-order valence-electron chi connectivity index (χ3n) is 1.91. The van der Waals surface area contributed by atoms with Gasteiger partial charge in [0.25, 0.3) is 0 Å². The predicted molar refractivity (Wildman–Crippen MR) is 40.2 cm³/mol. The van der Waals surface area contributed by atoms with Crippen molar-refractivity contribution in [3.05, 3.63) is 6.42 Å². The van der Waals surface area contributed by atoms with Gasteiger partial charge in [-0.1, -0.05) is 6.92 Å². The number of likely N-dealkylation sites (tertiary alicyclic amines) is 1. The van der Waals surface area contributed by atoms with Crippen molar-refractivity contribution >= 4 is 0 Å². The summed E-state index contributed by atoms with van der Waals surface area (Å²) in [5.41, 5.74) is 0. The molecule has 53 valence electrons. The Morgan fingerprint density at radius 2 is 2.33 bits per heavy atom. The van der Waals surface area contributed by atoms with Gasteiger partial charge in [-0.3, -0.25) is 0 Å². The third-order valence-corrected chi connectivity index (χ3v) is 1.91. The van der Waals surface area contributed by atoms with E-state index in [4.69, 9.17) is 0 Å². The van der Waals surface area contributed by atoms with Crippen LogP contribution in [-0.2, 0) is 0 Å². The van der Waals surface area contributed by atoms with Gasteiger partial charge < -0.3 is 4.90 Å². The molecule has 1 nitrogen and oxygen atoms in total. The highest BCUT2D eigenvalue weighted by Crippen LogP contribution is 2.12. The van der Waals surface area contributed by atoms with Crippen molar-refractivity contribution < 1.29 is 0 Å². The minimum absolute atomic E-state index is 0.803. The first-order valence-electron chi connectivity index (χ1n) is 3.81. The van der Waals surface area contributed by atoms with Crippen LogP contribution in [0.3, 0.4) is 0 Å². The summed E-state index contributed by atoms with van der Waals surface area (Å²) in [6, 6.07) is 0. The van der Waals surface area contributed by atoms with Gasteiger partial charge in [0.1, 0.15) is 0 Å². The highest BCUT2D eigenvalue weighted by molar-refractivity contribution is 4.78. The molecular formula is C8H16N. The van der Waals surface area contributed by atoms with Crippen molar-refractivity contribution in [1.29, 1.82) is 0 Å². The van der Waals surface area contributed by atoms with Crippen molar-refractivity contribution in [1.82, 2.24) is 4.90 Å². The van der Waals surface area contributed by atoms with Crippen LogP contribution in [0, 0.1) is 12.3 Å². The molecule has 1 heterocycles. The van der Waals surface area contributed by atoms with E-state index in [-0.39, 0.29) is 0 Å². The molecule has 0 saturated carbocycles. The summed E-state index contributed by atoms with van der Waals surface area (Å²) >= 11 is 0. The molecular weight excluding hydrogens is 110 g/mol. The lowest BCUT2D eigenvalue weighted by Gasteiger charge is -2.15. The van der Waals surface area contributed by atoms with Gasteiger partial charge in [-0.05, 0) is 38.8 Å². The molecule has 0 aliphatic carbocycles. The first-order valence-corrected chi connectivity index (χ1v) is 3.81. The molecule has 0 aromatic carbocycles. The molecule has 1 heteroatoms. The summed E-state index contributed by atoms with van der Waals surface area (Å²) in [6.07, 6.45) is 5.09. The first-order chi connectivity index (χ1) is 4.29. The van der Waals surface area contributed by atoms with E-state index in [0.717, 1.165) is 5.92 Å². The molecule has 1 aliphatic rings. The number of hydrogen-bond acceptors (Lipinski definition) is 1. The number of nitrogens with zero attached hydrogens (tertiary/aromatic N) is 1. The average Bonchev–Trinajstić information content (AvgIpc) is 1.93. The summed E-state index contributed by atoms with van der Waals surface area (Å²) in [4.78, 5) is 2.41. The smallest absolute Gasteiger partial charge is 0.000672 e. The Morgan fingerprint density at radius 3 is 3.11 bits per heavy atom. The Kier molecular flexibility index (Phi) is 2.52. The summed E-state index contributed by atoms with van der Waals surface area (Å²) in [5.74, 6) is 0.803. The number of hydrogen-bond donors (Lipinski definition) is 0. The summed E-state index contributed by atoms with van der Waals surface area (Å²) < 4.78 is 0. The fourth-order valence-electron chi connectivity index (χ4n) is 1.42. The normalized spacial score (nSPS) is 32.0. The second kappa shape index (κ2) is 3.21. The molecule has 0 aromatic rings. The second-order valence-corrected chi connectivity index (χ2v) is 3.12. The van der Waals surface area contributed by atoms with E-state index in [0.29, 0.717) is 0 Å². The van der Waals surface area contributed by atoms with Crippen LogP contribution in [0.2, 0.25) is 0 Å². The SMILES string of the molecule is CC1[CH]CCCN(C)C1. The van der Waals surface area contributed by atoms with Crippen molar-refractivity contribution in [3.63, 3.8) is 0 Å². The van der Waals surface area contributed by atoms with Crippen LogP contribution < -0.4 is 0 Å². The minimum atomic E-state index is 0.803. The molecule has 1 unspecified atom stereocenters. The molecule has 1 atom stereocenters. The standard InChI is InChI=1S/C8H16N/c1-8-5-3-4-6-9(2)7-8/h5,8H,3-4,6-7H2,1-2H3. The summed E-state index contributed by atoms with van der Waals surface area (Å²) in [5, 5.41) is 0. The van der Waals surface area contributed by atoms with Gasteiger partial charge in [-0.15, -0.1) is 0 Å². The Morgan fingerprint density at radius 1 is 1.56 bits per heavy atom. The maximum Gasteiger partial charge on any atom is 0.000672 e. The van der Waals surface area contributed by atoms with Gasteiger partial charge in [0.15, 0.2) is 0 Å². The zero-order chi connectivity index (χ0) is 6.69. The Bertz CT molecular complexity index is 70.6. The fourth-order valence-corrected chi connectivity index (χ4v) is 1.42. The highest BCUT2D eigenvalue weighted by atomic mass is 15.1. The largest absolute Gasteiger partial charge is 0.306 e. The van der Waals surface area contributed by atoms with Crippen molar-refractivity contribution in [2.24, 2.45) is 5.92 Å². The van der Waals surface area contributed by atoms with E-state index < -0.39 is 0 Å². The lowest BCUT2D eigenvalue weighted by Crippen LogP contribution is -2.22. The molecule has 1 aliphatic heterocycles. The maximum absolute atomic E-state index is 2.43. The van der Waals surface area contributed by atoms with Gasteiger partial charge in [0, 0.05) is 6.54 Å². The lowest BCUT2D eigenvalue weighted by atomic mass is 10.1. The molecule has 9 heavy (non-hydrogen) atoms. The maximum atomic E-state index is 2.43. The first kappa shape index (κ1) is 7.07.